The Kier molecular flexibility index (Phi) is 6.99. The SMILES string of the molecule is CCCCC[C@H]1C(=O)CC[C@@H]1CC(=O)OCCC. The summed E-state index contributed by atoms with van der Waals surface area (Å²) in [7, 11) is 0. The highest BCUT2D eigenvalue weighted by atomic mass is 16.5. The van der Waals surface area contributed by atoms with Crippen LogP contribution in [0.3, 0.4) is 0 Å². The molecule has 0 heterocycles. The second-order valence-corrected chi connectivity index (χ2v) is 5.29. The highest BCUT2D eigenvalue weighted by Crippen LogP contribution is 2.35. The van der Waals surface area contributed by atoms with Crippen LogP contribution in [0.25, 0.3) is 0 Å². The molecule has 104 valence electrons. The third kappa shape index (κ3) is 4.79. The first-order chi connectivity index (χ1) is 8.69. The maximum Gasteiger partial charge on any atom is 0.306 e. The Balaban J connectivity index is 2.37. The lowest BCUT2D eigenvalue weighted by atomic mass is 9.88. The van der Waals surface area contributed by atoms with E-state index in [1.54, 1.807) is 0 Å². The van der Waals surface area contributed by atoms with Gasteiger partial charge in [0.1, 0.15) is 5.78 Å². The third-order valence-corrected chi connectivity index (χ3v) is 3.76. The van der Waals surface area contributed by atoms with Crippen LogP contribution < -0.4 is 0 Å². The predicted molar refractivity (Wildman–Crippen MR) is 71.2 cm³/mol. The first kappa shape index (κ1) is 15.2. The van der Waals surface area contributed by atoms with Crippen LogP contribution >= 0.6 is 0 Å². The van der Waals surface area contributed by atoms with Gasteiger partial charge >= 0.3 is 5.97 Å². The molecule has 1 aliphatic carbocycles. The number of ether oxygens (including phenoxy) is 1. The van der Waals surface area contributed by atoms with Gasteiger partial charge in [-0.05, 0) is 25.2 Å². The first-order valence-corrected chi connectivity index (χ1v) is 7.37. The van der Waals surface area contributed by atoms with E-state index in [1.807, 2.05) is 6.92 Å². The molecule has 0 amide bonds. The van der Waals surface area contributed by atoms with Crippen molar-refractivity contribution in [2.75, 3.05) is 6.61 Å². The molecule has 0 aromatic carbocycles. The van der Waals surface area contributed by atoms with E-state index in [9.17, 15) is 9.59 Å². The monoisotopic (exact) mass is 254 g/mol. The van der Waals surface area contributed by atoms with Crippen molar-refractivity contribution in [2.45, 2.75) is 65.2 Å². The fourth-order valence-corrected chi connectivity index (χ4v) is 2.72. The van der Waals surface area contributed by atoms with Crippen LogP contribution in [0.4, 0.5) is 0 Å². The zero-order valence-corrected chi connectivity index (χ0v) is 11.7. The normalized spacial score (nSPS) is 23.3. The minimum Gasteiger partial charge on any atom is -0.466 e. The molecule has 0 saturated heterocycles. The van der Waals surface area contributed by atoms with Gasteiger partial charge in [0.05, 0.1) is 6.61 Å². The van der Waals surface area contributed by atoms with Crippen molar-refractivity contribution < 1.29 is 14.3 Å². The molecule has 1 rings (SSSR count). The Bertz CT molecular complexity index is 273. The zero-order valence-electron chi connectivity index (χ0n) is 11.7. The Morgan fingerprint density at radius 2 is 2.06 bits per heavy atom. The van der Waals surface area contributed by atoms with E-state index in [0.29, 0.717) is 25.2 Å². The molecular weight excluding hydrogens is 228 g/mol. The lowest BCUT2D eigenvalue weighted by Crippen LogP contribution is -2.19. The molecule has 1 saturated carbocycles. The van der Waals surface area contributed by atoms with Crippen LogP contribution in [-0.2, 0) is 14.3 Å². The van der Waals surface area contributed by atoms with Gasteiger partial charge in [-0.3, -0.25) is 9.59 Å². The van der Waals surface area contributed by atoms with Crippen LogP contribution in [0, 0.1) is 11.8 Å². The van der Waals surface area contributed by atoms with E-state index in [2.05, 4.69) is 6.92 Å². The average Bonchev–Trinajstić information content (AvgIpc) is 2.69. The van der Waals surface area contributed by atoms with E-state index >= 15 is 0 Å². The van der Waals surface area contributed by atoms with Crippen molar-refractivity contribution in [3.63, 3.8) is 0 Å². The molecule has 0 aromatic heterocycles. The van der Waals surface area contributed by atoms with Gasteiger partial charge in [0.25, 0.3) is 0 Å². The second-order valence-electron chi connectivity index (χ2n) is 5.29. The smallest absolute Gasteiger partial charge is 0.306 e. The zero-order chi connectivity index (χ0) is 13.4. The van der Waals surface area contributed by atoms with Gasteiger partial charge < -0.3 is 4.74 Å². The van der Waals surface area contributed by atoms with E-state index in [4.69, 9.17) is 4.74 Å². The number of hydrogen-bond acceptors (Lipinski definition) is 3. The third-order valence-electron chi connectivity index (χ3n) is 3.76. The summed E-state index contributed by atoms with van der Waals surface area (Å²) in [6, 6.07) is 0. The average molecular weight is 254 g/mol. The maximum atomic E-state index is 11.8. The molecule has 1 fully saturated rings. The van der Waals surface area contributed by atoms with Crippen molar-refractivity contribution in [1.29, 1.82) is 0 Å². The number of ketones is 1. The number of carbonyl (C=O) groups excluding carboxylic acids is 2. The fourth-order valence-electron chi connectivity index (χ4n) is 2.72. The highest BCUT2D eigenvalue weighted by Gasteiger charge is 2.35. The number of hydrogen-bond donors (Lipinski definition) is 0. The van der Waals surface area contributed by atoms with Gasteiger partial charge in [-0.1, -0.05) is 33.1 Å². The fraction of sp³-hybridized carbons (Fsp3) is 0.867. The molecule has 18 heavy (non-hydrogen) atoms. The van der Waals surface area contributed by atoms with Crippen LogP contribution in [0.5, 0.6) is 0 Å². The Morgan fingerprint density at radius 1 is 1.28 bits per heavy atom. The van der Waals surface area contributed by atoms with Crippen molar-refractivity contribution >= 4 is 11.8 Å². The van der Waals surface area contributed by atoms with Crippen molar-refractivity contribution in [1.82, 2.24) is 0 Å². The topological polar surface area (TPSA) is 43.4 Å². The van der Waals surface area contributed by atoms with Gasteiger partial charge in [0, 0.05) is 18.8 Å². The summed E-state index contributed by atoms with van der Waals surface area (Å²) in [6.07, 6.45) is 7.23. The summed E-state index contributed by atoms with van der Waals surface area (Å²) >= 11 is 0. The lowest BCUT2D eigenvalue weighted by molar-refractivity contribution is -0.145. The molecule has 0 unspecified atom stereocenters. The number of rotatable bonds is 8. The van der Waals surface area contributed by atoms with E-state index in [0.717, 1.165) is 25.7 Å². The van der Waals surface area contributed by atoms with Crippen molar-refractivity contribution in [3.8, 4) is 0 Å². The second kappa shape index (κ2) is 8.28. The highest BCUT2D eigenvalue weighted by molar-refractivity contribution is 5.84. The summed E-state index contributed by atoms with van der Waals surface area (Å²) in [5.74, 6) is 0.584. The van der Waals surface area contributed by atoms with Gasteiger partial charge in [0.2, 0.25) is 0 Å². The van der Waals surface area contributed by atoms with Gasteiger partial charge in [-0.25, -0.2) is 0 Å². The van der Waals surface area contributed by atoms with E-state index in [1.165, 1.54) is 12.8 Å². The minimum atomic E-state index is -0.128. The molecule has 1 aliphatic rings. The summed E-state index contributed by atoms with van der Waals surface area (Å²) in [5, 5.41) is 0. The molecule has 0 N–H and O–H groups in total. The van der Waals surface area contributed by atoms with Crippen LogP contribution in [0.2, 0.25) is 0 Å². The molecule has 2 atom stereocenters. The van der Waals surface area contributed by atoms with Crippen LogP contribution in [-0.4, -0.2) is 18.4 Å². The van der Waals surface area contributed by atoms with E-state index in [-0.39, 0.29) is 17.8 Å². The first-order valence-electron chi connectivity index (χ1n) is 7.37. The van der Waals surface area contributed by atoms with Gasteiger partial charge in [-0.2, -0.15) is 0 Å². The van der Waals surface area contributed by atoms with Gasteiger partial charge in [-0.15, -0.1) is 0 Å². The maximum absolute atomic E-state index is 11.8. The number of unbranched alkanes of at least 4 members (excludes halogenated alkanes) is 2. The molecule has 0 radical (unpaired) electrons. The molecule has 0 bridgehead atoms. The number of esters is 1. The molecule has 0 aliphatic heterocycles. The van der Waals surface area contributed by atoms with Crippen molar-refractivity contribution in [3.05, 3.63) is 0 Å². The summed E-state index contributed by atoms with van der Waals surface area (Å²) in [6.45, 7) is 4.65. The largest absolute Gasteiger partial charge is 0.466 e. The predicted octanol–water partition coefficient (Wildman–Crippen LogP) is 3.51. The molecule has 0 spiro atoms. The Hall–Kier alpha value is -0.860. The molecule has 3 nitrogen and oxygen atoms in total. The number of Topliss-reactive ketones (excluding diaryl/α,β-unsaturated/α-hetero) is 1. The van der Waals surface area contributed by atoms with Crippen LogP contribution in [0.1, 0.15) is 65.2 Å². The minimum absolute atomic E-state index is 0.116. The van der Waals surface area contributed by atoms with E-state index < -0.39 is 0 Å². The summed E-state index contributed by atoms with van der Waals surface area (Å²) in [5.41, 5.74) is 0. The van der Waals surface area contributed by atoms with Crippen molar-refractivity contribution in [2.24, 2.45) is 11.8 Å². The van der Waals surface area contributed by atoms with Gasteiger partial charge in [0.15, 0.2) is 0 Å². The molecule has 0 aromatic rings. The Labute approximate surface area is 110 Å². The summed E-state index contributed by atoms with van der Waals surface area (Å²) < 4.78 is 5.11. The number of carbonyl (C=O) groups is 2. The summed E-state index contributed by atoms with van der Waals surface area (Å²) in [4.78, 5) is 23.4. The quantitative estimate of drug-likeness (QED) is 0.492. The molecular formula is C15H26O3. The Morgan fingerprint density at radius 3 is 2.72 bits per heavy atom. The standard InChI is InChI=1S/C15H26O3/c1-3-5-6-7-13-12(8-9-14(13)16)11-15(17)18-10-4-2/h12-13H,3-11H2,1-2H3/t12-,13-/m1/s1. The lowest BCUT2D eigenvalue weighted by Gasteiger charge is -2.17. The molecule has 3 heteroatoms. The van der Waals surface area contributed by atoms with Crippen LogP contribution in [0.15, 0.2) is 0 Å².